The molecule has 0 aromatic heterocycles. The molecular formula is C22H25F3N2O2. The number of rotatable bonds is 5. The van der Waals surface area contributed by atoms with Crippen molar-refractivity contribution in [2.24, 2.45) is 0 Å². The Morgan fingerprint density at radius 3 is 2.07 bits per heavy atom. The lowest BCUT2D eigenvalue weighted by Crippen LogP contribution is -2.47. The van der Waals surface area contributed by atoms with Crippen molar-refractivity contribution in [3.8, 4) is 11.1 Å². The van der Waals surface area contributed by atoms with Crippen molar-refractivity contribution < 1.29 is 22.8 Å². The molecule has 7 heteroatoms. The van der Waals surface area contributed by atoms with Crippen molar-refractivity contribution in [3.63, 3.8) is 0 Å². The van der Waals surface area contributed by atoms with E-state index >= 15 is 0 Å². The number of hydrogen-bond acceptors (Lipinski definition) is 2. The number of likely N-dealkylation sites (N-methyl/N-ethyl adjacent to an activating group) is 1. The quantitative estimate of drug-likeness (QED) is 0.779. The highest BCUT2D eigenvalue weighted by Gasteiger charge is 2.30. The molecule has 0 fully saturated rings. The van der Waals surface area contributed by atoms with Crippen LogP contribution in [-0.2, 0) is 11.0 Å². The maximum absolute atomic E-state index is 13.1. The summed E-state index contributed by atoms with van der Waals surface area (Å²) in [6, 6.07) is 11.4. The van der Waals surface area contributed by atoms with E-state index in [4.69, 9.17) is 0 Å². The number of halogens is 3. The number of nitrogens with zero attached hydrogens (tertiary/aromatic N) is 1. The van der Waals surface area contributed by atoms with Gasteiger partial charge in [-0.2, -0.15) is 13.2 Å². The molecule has 0 aliphatic heterocycles. The first kappa shape index (κ1) is 22.5. The predicted molar refractivity (Wildman–Crippen MR) is 106 cm³/mol. The Morgan fingerprint density at radius 2 is 1.55 bits per heavy atom. The number of amides is 2. The normalized spacial score (nSPS) is 11.8. The molecule has 0 spiro atoms. The summed E-state index contributed by atoms with van der Waals surface area (Å²) in [5, 5.41) is 2.82. The summed E-state index contributed by atoms with van der Waals surface area (Å²) >= 11 is 0. The number of benzene rings is 2. The van der Waals surface area contributed by atoms with Crippen molar-refractivity contribution in [1.29, 1.82) is 0 Å². The predicted octanol–water partition coefficient (Wildman–Crippen LogP) is 4.75. The minimum Gasteiger partial charge on any atom is -0.350 e. The third-order valence-corrected chi connectivity index (χ3v) is 4.20. The van der Waals surface area contributed by atoms with Crippen LogP contribution in [0.15, 0.2) is 48.5 Å². The molecule has 2 aromatic carbocycles. The second-order valence-electron chi connectivity index (χ2n) is 7.74. The van der Waals surface area contributed by atoms with Gasteiger partial charge in [0.05, 0.1) is 12.1 Å². The van der Waals surface area contributed by atoms with E-state index in [9.17, 15) is 22.8 Å². The minimum atomic E-state index is -4.42. The van der Waals surface area contributed by atoms with E-state index in [1.807, 2.05) is 20.8 Å². The van der Waals surface area contributed by atoms with Gasteiger partial charge in [0.15, 0.2) is 0 Å². The highest BCUT2D eigenvalue weighted by Crippen LogP contribution is 2.32. The van der Waals surface area contributed by atoms with Crippen LogP contribution in [0.1, 0.15) is 43.6 Å². The first-order valence-corrected chi connectivity index (χ1v) is 9.29. The number of alkyl halides is 3. The van der Waals surface area contributed by atoms with Gasteiger partial charge in [-0.3, -0.25) is 9.59 Å². The Bertz CT molecular complexity index is 869. The molecule has 1 N–H and O–H groups in total. The lowest BCUT2D eigenvalue weighted by molar-refractivity contribution is -0.137. The SMILES string of the molecule is CCN(CC(=O)NC(C)(C)C)C(=O)c1ccccc1-c1ccc(C(F)(F)F)cc1. The molecule has 0 saturated carbocycles. The molecule has 0 aliphatic carbocycles. The van der Waals surface area contributed by atoms with E-state index in [1.54, 1.807) is 31.2 Å². The fourth-order valence-corrected chi connectivity index (χ4v) is 2.89. The second-order valence-corrected chi connectivity index (χ2v) is 7.74. The molecule has 2 aromatic rings. The Balaban J connectivity index is 2.31. The number of hydrogen-bond donors (Lipinski definition) is 1. The molecule has 0 unspecified atom stereocenters. The van der Waals surface area contributed by atoms with Gasteiger partial charge in [0.1, 0.15) is 0 Å². The summed E-state index contributed by atoms with van der Waals surface area (Å²) in [6.45, 7) is 7.53. The molecule has 0 saturated heterocycles. The van der Waals surface area contributed by atoms with E-state index in [0.717, 1.165) is 12.1 Å². The highest BCUT2D eigenvalue weighted by molar-refractivity contribution is 6.02. The lowest BCUT2D eigenvalue weighted by Gasteiger charge is -2.25. The van der Waals surface area contributed by atoms with E-state index < -0.39 is 17.3 Å². The van der Waals surface area contributed by atoms with Crippen LogP contribution in [0, 0.1) is 0 Å². The Hall–Kier alpha value is -2.83. The largest absolute Gasteiger partial charge is 0.416 e. The van der Waals surface area contributed by atoms with Crippen molar-refractivity contribution in [2.45, 2.75) is 39.4 Å². The van der Waals surface area contributed by atoms with Crippen LogP contribution >= 0.6 is 0 Å². The van der Waals surface area contributed by atoms with Gasteiger partial charge in [-0.1, -0.05) is 30.3 Å². The van der Waals surface area contributed by atoms with E-state index in [1.165, 1.54) is 17.0 Å². The summed E-state index contributed by atoms with van der Waals surface area (Å²) < 4.78 is 38.5. The van der Waals surface area contributed by atoms with Crippen LogP contribution < -0.4 is 5.32 Å². The summed E-state index contributed by atoms with van der Waals surface area (Å²) in [4.78, 5) is 26.7. The maximum Gasteiger partial charge on any atom is 0.416 e. The lowest BCUT2D eigenvalue weighted by atomic mass is 9.97. The van der Waals surface area contributed by atoms with Gasteiger partial charge < -0.3 is 10.2 Å². The molecule has 0 heterocycles. The van der Waals surface area contributed by atoms with Crippen molar-refractivity contribution in [2.75, 3.05) is 13.1 Å². The van der Waals surface area contributed by atoms with Gasteiger partial charge in [-0.15, -0.1) is 0 Å². The van der Waals surface area contributed by atoms with E-state index in [-0.39, 0.29) is 18.4 Å². The minimum absolute atomic E-state index is 0.103. The van der Waals surface area contributed by atoms with Crippen molar-refractivity contribution >= 4 is 11.8 Å². The molecule has 4 nitrogen and oxygen atoms in total. The number of carbonyl (C=O) groups excluding carboxylic acids is 2. The molecule has 0 bridgehead atoms. The second kappa shape index (κ2) is 8.68. The van der Waals surface area contributed by atoms with Crippen LogP contribution in [-0.4, -0.2) is 35.3 Å². The summed E-state index contributed by atoms with van der Waals surface area (Å²) in [5.41, 5.74) is 0.173. The average molecular weight is 406 g/mol. The number of nitrogens with one attached hydrogen (secondary N) is 1. The summed E-state index contributed by atoms with van der Waals surface area (Å²) in [6.07, 6.45) is -4.42. The van der Waals surface area contributed by atoms with Gasteiger partial charge in [-0.05, 0) is 57.0 Å². The van der Waals surface area contributed by atoms with Gasteiger partial charge in [0.2, 0.25) is 5.91 Å². The molecule has 156 valence electrons. The van der Waals surface area contributed by atoms with Crippen molar-refractivity contribution in [3.05, 3.63) is 59.7 Å². The fourth-order valence-electron chi connectivity index (χ4n) is 2.89. The molecule has 29 heavy (non-hydrogen) atoms. The molecule has 0 radical (unpaired) electrons. The van der Waals surface area contributed by atoms with Gasteiger partial charge >= 0.3 is 6.18 Å². The Labute approximate surface area is 168 Å². The average Bonchev–Trinajstić information content (AvgIpc) is 2.63. The first-order valence-electron chi connectivity index (χ1n) is 9.29. The highest BCUT2D eigenvalue weighted by atomic mass is 19.4. The zero-order chi connectivity index (χ0) is 21.8. The summed E-state index contributed by atoms with van der Waals surface area (Å²) in [5.74, 6) is -0.633. The Morgan fingerprint density at radius 1 is 0.966 bits per heavy atom. The topological polar surface area (TPSA) is 49.4 Å². The van der Waals surface area contributed by atoms with E-state index in [0.29, 0.717) is 23.2 Å². The van der Waals surface area contributed by atoms with Crippen LogP contribution in [0.2, 0.25) is 0 Å². The number of carbonyl (C=O) groups is 2. The van der Waals surface area contributed by atoms with E-state index in [2.05, 4.69) is 5.32 Å². The molecule has 0 aliphatic rings. The van der Waals surface area contributed by atoms with Gasteiger partial charge in [-0.25, -0.2) is 0 Å². The molecule has 2 rings (SSSR count). The maximum atomic E-state index is 13.1. The van der Waals surface area contributed by atoms with Crippen LogP contribution in [0.3, 0.4) is 0 Å². The fraction of sp³-hybridized carbons (Fsp3) is 0.364. The van der Waals surface area contributed by atoms with Crippen LogP contribution in [0.5, 0.6) is 0 Å². The smallest absolute Gasteiger partial charge is 0.350 e. The zero-order valence-corrected chi connectivity index (χ0v) is 16.9. The zero-order valence-electron chi connectivity index (χ0n) is 16.9. The summed E-state index contributed by atoms with van der Waals surface area (Å²) in [7, 11) is 0. The van der Waals surface area contributed by atoms with Gasteiger partial charge in [0.25, 0.3) is 5.91 Å². The van der Waals surface area contributed by atoms with Gasteiger partial charge in [0, 0.05) is 17.6 Å². The molecule has 0 atom stereocenters. The first-order chi connectivity index (χ1) is 13.4. The molecule has 2 amide bonds. The monoisotopic (exact) mass is 406 g/mol. The van der Waals surface area contributed by atoms with Crippen LogP contribution in [0.25, 0.3) is 11.1 Å². The standard InChI is InChI=1S/C22H25F3N2O2/c1-5-27(14-19(28)26-21(2,3)4)20(29)18-9-7-6-8-17(18)15-10-12-16(13-11-15)22(23,24)25/h6-13H,5,14H2,1-4H3,(H,26,28). The third-order valence-electron chi connectivity index (χ3n) is 4.20. The van der Waals surface area contributed by atoms with Crippen molar-refractivity contribution in [1.82, 2.24) is 10.2 Å². The third kappa shape index (κ3) is 6.07. The molecular weight excluding hydrogens is 381 g/mol. The van der Waals surface area contributed by atoms with Crippen LogP contribution in [0.4, 0.5) is 13.2 Å². The Kier molecular flexibility index (Phi) is 6.72.